The lowest BCUT2D eigenvalue weighted by atomic mass is 9.83. The monoisotopic (exact) mass is 1390 g/mol. The first-order valence-electron chi connectivity index (χ1n) is 34.5. The molecule has 3 aromatic carbocycles. The predicted molar refractivity (Wildman–Crippen MR) is 373 cm³/mol. The van der Waals surface area contributed by atoms with Crippen molar-refractivity contribution in [3.05, 3.63) is 107 Å². The molecule has 100 heavy (non-hydrogen) atoms. The van der Waals surface area contributed by atoms with Crippen LogP contribution in [0.15, 0.2) is 85.1 Å². The van der Waals surface area contributed by atoms with Gasteiger partial charge in [-0.3, -0.25) is 33.6 Å². The molecule has 0 radical (unpaired) electrons. The largest absolute Gasteiger partial charge is 0.514 e. The number of benzene rings is 3. The van der Waals surface area contributed by atoms with Crippen LogP contribution < -0.4 is 31.7 Å². The third-order valence-corrected chi connectivity index (χ3v) is 18.7. The number of aromatic nitrogens is 3. The zero-order valence-electron chi connectivity index (χ0n) is 60.8. The number of amides is 8. The van der Waals surface area contributed by atoms with Crippen molar-refractivity contribution in [2.24, 2.45) is 47.2 Å². The summed E-state index contributed by atoms with van der Waals surface area (Å²) in [4.78, 5) is 140. The number of aliphatic hydroxyl groups excluding tert-OH is 1. The molecule has 4 aromatic rings. The number of urea groups is 1. The standard InChI is InChI=1S/C73H107N11O16/c1-16-46(8)65(60(96-14)38-62(88)84-35-21-25-57(84)67(97-15)48(10)68(90)76-49(11)66(89)52-22-18-17-19-23-52)81(12)70(92)56(43(2)3)37-59(86)64(45(6)7)82(13)72(94)98-41-51-28-32-55(33-29-51)100-73(95)99-42-50-26-30-54(31-27-50)77-69(91)53(24-20-34-75-71(74)93)36-58(85)63(44(4)5)78-61(87)40-83-39-47(9)79-80-83/h17-19,22-23,26-33,39,43-46,48-49,53,56-57,60,63-67,89H,16,20-21,24-25,34-38,40-42H2,1-15H3,(H,76,90)(H,77,91)(H,78,87)(H3,74,75,93)/t46-,48+,49+,53+,56-,57-,60+,63-,64-,65-,66+,67+/m0/s1. The molecular weight excluding hydrogens is 1290 g/mol. The minimum absolute atomic E-state index is 0.0673. The Morgan fingerprint density at radius 3 is 1.95 bits per heavy atom. The average molecular weight is 1390 g/mol. The second-order valence-electron chi connectivity index (χ2n) is 27.2. The summed E-state index contributed by atoms with van der Waals surface area (Å²) in [6, 6.07) is 17.5. The fourth-order valence-electron chi connectivity index (χ4n) is 12.8. The van der Waals surface area contributed by atoms with Gasteiger partial charge in [-0.25, -0.2) is 19.1 Å². The molecule has 12 atom stereocenters. The van der Waals surface area contributed by atoms with Crippen molar-refractivity contribution in [2.45, 2.75) is 196 Å². The Morgan fingerprint density at radius 1 is 0.740 bits per heavy atom. The number of carbonyl (C=O) groups is 10. The van der Waals surface area contributed by atoms with Crippen LogP contribution in [0.25, 0.3) is 0 Å². The second kappa shape index (κ2) is 39.8. The van der Waals surface area contributed by atoms with Crippen molar-refractivity contribution < 1.29 is 76.7 Å². The highest BCUT2D eigenvalue weighted by Gasteiger charge is 2.44. The predicted octanol–water partition coefficient (Wildman–Crippen LogP) is 8.09. The fourth-order valence-corrected chi connectivity index (χ4v) is 12.8. The van der Waals surface area contributed by atoms with E-state index in [4.69, 9.17) is 29.4 Å². The van der Waals surface area contributed by atoms with Gasteiger partial charge >= 0.3 is 18.3 Å². The number of aryl methyl sites for hydroxylation is 1. The number of rotatable bonds is 39. The van der Waals surface area contributed by atoms with Crippen molar-refractivity contribution in [3.8, 4) is 5.75 Å². The molecule has 8 amide bonds. The summed E-state index contributed by atoms with van der Waals surface area (Å²) in [5.74, 6) is -5.73. The quantitative estimate of drug-likeness (QED) is 0.0140. The van der Waals surface area contributed by atoms with Gasteiger partial charge in [0.25, 0.3) is 0 Å². The second-order valence-corrected chi connectivity index (χ2v) is 27.2. The number of likely N-dealkylation sites (tertiary alicyclic amines) is 1. The highest BCUT2D eigenvalue weighted by Crippen LogP contribution is 2.32. The molecule has 27 heteroatoms. The van der Waals surface area contributed by atoms with Gasteiger partial charge in [-0.05, 0) is 104 Å². The molecule has 27 nitrogen and oxygen atoms in total. The van der Waals surface area contributed by atoms with Gasteiger partial charge in [0.05, 0.1) is 66.6 Å². The van der Waals surface area contributed by atoms with Crippen molar-refractivity contribution in [3.63, 3.8) is 0 Å². The summed E-state index contributed by atoms with van der Waals surface area (Å²) >= 11 is 0. The number of aliphatic hydroxyl groups is 1. The fraction of sp³-hybridized carbons (Fsp3) is 0.589. The maximum absolute atomic E-state index is 14.9. The molecule has 550 valence electrons. The summed E-state index contributed by atoms with van der Waals surface area (Å²) in [5.41, 5.74) is 8.02. The number of primary amides is 1. The molecule has 1 aliphatic heterocycles. The molecule has 1 fully saturated rings. The van der Waals surface area contributed by atoms with E-state index in [1.807, 2.05) is 59.7 Å². The van der Waals surface area contributed by atoms with E-state index in [1.54, 1.807) is 106 Å². The van der Waals surface area contributed by atoms with Gasteiger partial charge in [-0.15, -0.1) is 5.10 Å². The van der Waals surface area contributed by atoms with Gasteiger partial charge in [0.1, 0.15) is 25.5 Å². The van der Waals surface area contributed by atoms with Crippen molar-refractivity contribution in [2.75, 3.05) is 46.7 Å². The number of nitrogens with zero attached hydrogens (tertiary/aromatic N) is 6. The van der Waals surface area contributed by atoms with E-state index in [0.29, 0.717) is 60.3 Å². The number of ketones is 2. The SMILES string of the molecule is CC[C@H](C)[C@@H]([C@@H](CC(=O)N1CCC[C@H]1[C@H](OC)[C@@H](C)C(=O)N[C@H](C)[C@@H](O)c1ccccc1)OC)N(C)C(=O)[C@@H](CC(=O)[C@H](C(C)C)N(C)C(=O)OCc1ccc(OC(=O)OCc2ccc(NC(=O)[C@H](CCCNC(N)=O)CC(=O)[C@@H](NC(=O)Cn3cc(C)nn3)C(C)C)cc2)cc1)C(C)C. The van der Waals surface area contributed by atoms with Crippen LogP contribution in [0.1, 0.15) is 149 Å². The number of methoxy groups -OCH3 is 2. The van der Waals surface area contributed by atoms with Crippen molar-refractivity contribution in [1.82, 2.24) is 45.6 Å². The first-order chi connectivity index (χ1) is 47.4. The maximum atomic E-state index is 14.9. The summed E-state index contributed by atoms with van der Waals surface area (Å²) in [5, 5.41) is 29.8. The molecule has 2 heterocycles. The molecule has 0 spiro atoms. The number of Topliss-reactive ketones (excluding diaryl/α,β-unsaturated/α-hetero) is 2. The third kappa shape index (κ3) is 24.2. The molecule has 1 saturated heterocycles. The van der Waals surface area contributed by atoms with Gasteiger partial charge in [0, 0.05) is 78.0 Å². The molecule has 0 aliphatic carbocycles. The number of likely N-dealkylation sites (N-methyl/N-ethyl adjacent to an activating group) is 2. The van der Waals surface area contributed by atoms with Crippen LogP contribution >= 0.6 is 0 Å². The molecule has 1 aliphatic rings. The van der Waals surface area contributed by atoms with Gasteiger partial charge in [0.2, 0.25) is 29.5 Å². The van der Waals surface area contributed by atoms with Gasteiger partial charge < -0.3 is 70.5 Å². The Hall–Kier alpha value is -8.82. The number of hydrogen-bond donors (Lipinski definition) is 6. The Labute approximate surface area is 588 Å². The van der Waals surface area contributed by atoms with Crippen LogP contribution in [-0.4, -0.2) is 178 Å². The summed E-state index contributed by atoms with van der Waals surface area (Å²) in [6.07, 6.45) is -0.482. The van der Waals surface area contributed by atoms with E-state index in [-0.39, 0.29) is 111 Å². The Kier molecular flexibility index (Phi) is 32.6. The lowest BCUT2D eigenvalue weighted by Gasteiger charge is -2.41. The van der Waals surface area contributed by atoms with Crippen LogP contribution in [0.2, 0.25) is 0 Å². The Morgan fingerprint density at radius 2 is 1.38 bits per heavy atom. The zero-order chi connectivity index (χ0) is 74.1. The van der Waals surface area contributed by atoms with Gasteiger partial charge in [-0.2, -0.15) is 0 Å². The molecule has 0 bridgehead atoms. The summed E-state index contributed by atoms with van der Waals surface area (Å²) in [6.45, 7) is 20.2. The van der Waals surface area contributed by atoms with Crippen molar-refractivity contribution in [1.29, 1.82) is 0 Å². The molecular formula is C73H107N11O16. The highest BCUT2D eigenvalue weighted by atomic mass is 16.7. The number of ether oxygens (including phenoxy) is 5. The van der Waals surface area contributed by atoms with E-state index in [9.17, 15) is 53.1 Å². The summed E-state index contributed by atoms with van der Waals surface area (Å²) in [7, 11) is 6.19. The van der Waals surface area contributed by atoms with Crippen molar-refractivity contribution >= 4 is 65.1 Å². The molecule has 1 aromatic heterocycles. The molecule has 0 saturated carbocycles. The lowest BCUT2D eigenvalue weighted by Crippen LogP contribution is -2.55. The number of carbonyl (C=O) groups excluding carboxylic acids is 10. The smallest absolute Gasteiger partial charge is 0.445 e. The first kappa shape index (κ1) is 81.9. The lowest BCUT2D eigenvalue weighted by molar-refractivity contribution is -0.149. The van der Waals surface area contributed by atoms with Gasteiger partial charge in [-0.1, -0.05) is 129 Å². The normalized spacial score (nSPS) is 16.3. The average Bonchev–Trinajstić information content (AvgIpc) is 1.50. The third-order valence-electron chi connectivity index (χ3n) is 18.7. The number of nitrogens with one attached hydrogen (secondary N) is 4. The maximum Gasteiger partial charge on any atom is 0.514 e. The molecule has 5 rings (SSSR count). The van der Waals surface area contributed by atoms with Crippen LogP contribution in [0.5, 0.6) is 5.75 Å². The highest BCUT2D eigenvalue weighted by molar-refractivity contribution is 5.97. The van der Waals surface area contributed by atoms with Crippen LogP contribution in [0.4, 0.5) is 20.1 Å². The number of nitrogens with two attached hydrogens (primary N) is 1. The minimum atomic E-state index is -1.01. The topological polar surface area (TPSA) is 352 Å². The van der Waals surface area contributed by atoms with E-state index >= 15 is 0 Å². The van der Waals surface area contributed by atoms with E-state index in [2.05, 4.69) is 31.6 Å². The van der Waals surface area contributed by atoms with Gasteiger partial charge in [0.15, 0.2) is 11.6 Å². The Bertz CT molecular complexity index is 3330. The van der Waals surface area contributed by atoms with Crippen LogP contribution in [-0.2, 0) is 72.3 Å². The van der Waals surface area contributed by atoms with E-state index < -0.39 is 96.4 Å². The Balaban J connectivity index is 1.12. The van der Waals surface area contributed by atoms with E-state index in [0.717, 1.165) is 0 Å². The van der Waals surface area contributed by atoms with Crippen LogP contribution in [0.3, 0.4) is 0 Å². The molecule has 0 unspecified atom stereocenters. The minimum Gasteiger partial charge on any atom is -0.445 e. The number of anilines is 1. The van der Waals surface area contributed by atoms with Crippen LogP contribution in [0, 0.1) is 48.3 Å². The first-order valence-corrected chi connectivity index (χ1v) is 34.5. The summed E-state index contributed by atoms with van der Waals surface area (Å²) < 4.78 is 29.9. The zero-order valence-corrected chi connectivity index (χ0v) is 60.8. The van der Waals surface area contributed by atoms with E-state index in [1.165, 1.54) is 43.0 Å². The molecule has 7 N–H and O–H groups in total. The number of hydrogen-bond acceptors (Lipinski definition) is 18.